The number of thiol groups is 1. The van der Waals surface area contributed by atoms with Gasteiger partial charge in [0.1, 0.15) is 0 Å². The molecular weight excluding hydrogens is 160 g/mol. The Morgan fingerprint density at radius 1 is 1.67 bits per heavy atom. The lowest BCUT2D eigenvalue weighted by Gasteiger charge is -2.09. The van der Waals surface area contributed by atoms with Crippen molar-refractivity contribution in [2.45, 2.75) is 18.2 Å². The normalized spacial score (nSPS) is 12.0. The molecule has 0 spiro atoms. The van der Waals surface area contributed by atoms with E-state index in [1.807, 2.05) is 0 Å². The van der Waals surface area contributed by atoms with Gasteiger partial charge in [-0.15, -0.1) is 0 Å². The maximum Gasteiger partial charge on any atom is 0.0289 e. The summed E-state index contributed by atoms with van der Waals surface area (Å²) in [4.78, 5) is 0. The summed E-state index contributed by atoms with van der Waals surface area (Å²) in [5, 5.41) is 0. The van der Waals surface area contributed by atoms with Gasteiger partial charge in [0, 0.05) is 10.1 Å². The van der Waals surface area contributed by atoms with Gasteiger partial charge in [-0.2, -0.15) is 12.6 Å². The number of rotatable bonds is 1. The summed E-state index contributed by atoms with van der Waals surface area (Å²) in [6.45, 7) is 4.17. The van der Waals surface area contributed by atoms with Gasteiger partial charge in [0.15, 0.2) is 0 Å². The zero-order chi connectivity index (χ0) is 5.21. The van der Waals surface area contributed by atoms with Crippen LogP contribution in [-0.2, 0) is 0 Å². The molecule has 0 unspecified atom stereocenters. The van der Waals surface area contributed by atoms with Gasteiger partial charge in [-0.3, -0.25) is 0 Å². The van der Waals surface area contributed by atoms with Gasteiger partial charge in [-0.25, -0.2) is 0 Å². The molecule has 0 N–H and O–H groups in total. The molecule has 0 aromatic heterocycles. The fourth-order valence-corrected chi connectivity index (χ4v) is 0. The van der Waals surface area contributed by atoms with E-state index in [1.54, 1.807) is 0 Å². The molecule has 0 rings (SSSR count). The van der Waals surface area contributed by atoms with Crippen LogP contribution < -0.4 is 0 Å². The minimum absolute atomic E-state index is 0.218. The van der Waals surface area contributed by atoms with Crippen LogP contribution >= 0.6 is 28.6 Å². The van der Waals surface area contributed by atoms with Crippen molar-refractivity contribution in [3.63, 3.8) is 0 Å². The summed E-state index contributed by atoms with van der Waals surface area (Å²) in [6, 6.07) is 0. The Balaban J connectivity index is 3.17. The quantitative estimate of drug-likeness (QED) is 0.451. The molecule has 0 heterocycles. The molecule has 38 valence electrons. The zero-order valence-corrected chi connectivity index (χ0v) is 6.51. The highest BCUT2D eigenvalue weighted by Gasteiger charge is 2.06. The average molecular weight is 169 g/mol. The second kappa shape index (κ2) is 2.22. The molecule has 0 saturated carbocycles. The van der Waals surface area contributed by atoms with Crippen LogP contribution in [0.3, 0.4) is 0 Å². The number of alkyl halides is 1. The Labute approximate surface area is 52.9 Å². The van der Waals surface area contributed by atoms with E-state index in [1.165, 1.54) is 0 Å². The lowest BCUT2D eigenvalue weighted by molar-refractivity contribution is 0.840. The molecule has 0 aliphatic heterocycles. The first-order valence-corrected chi connectivity index (χ1v) is 3.28. The third kappa shape index (κ3) is 4.83. The van der Waals surface area contributed by atoms with E-state index in [4.69, 9.17) is 0 Å². The third-order valence-electron chi connectivity index (χ3n) is 0.376. The van der Waals surface area contributed by atoms with Crippen molar-refractivity contribution in [2.24, 2.45) is 0 Å². The highest BCUT2D eigenvalue weighted by Crippen LogP contribution is 2.15. The standard InChI is InChI=1S/C4H9BrS/c1-4(2,5)3-6/h6H,3H2,1-2H3. The van der Waals surface area contributed by atoms with E-state index >= 15 is 0 Å². The third-order valence-corrected chi connectivity index (χ3v) is 1.88. The van der Waals surface area contributed by atoms with E-state index in [2.05, 4.69) is 42.4 Å². The number of hydrogen-bond donors (Lipinski definition) is 1. The summed E-state index contributed by atoms with van der Waals surface area (Å²) < 4.78 is 0.218. The van der Waals surface area contributed by atoms with Crippen molar-refractivity contribution < 1.29 is 0 Å². The Morgan fingerprint density at radius 3 is 1.83 bits per heavy atom. The predicted molar refractivity (Wildman–Crippen MR) is 36.9 cm³/mol. The molecule has 0 aliphatic carbocycles. The van der Waals surface area contributed by atoms with Gasteiger partial charge < -0.3 is 0 Å². The van der Waals surface area contributed by atoms with Crippen LogP contribution in [0.4, 0.5) is 0 Å². The van der Waals surface area contributed by atoms with Crippen LogP contribution in [-0.4, -0.2) is 10.1 Å². The molecular formula is C4H9BrS. The summed E-state index contributed by atoms with van der Waals surface area (Å²) in [5.74, 6) is 0.882. The maximum atomic E-state index is 4.05. The molecule has 0 saturated heterocycles. The van der Waals surface area contributed by atoms with Crippen molar-refractivity contribution in [3.05, 3.63) is 0 Å². The van der Waals surface area contributed by atoms with Gasteiger partial charge in [0.2, 0.25) is 0 Å². The minimum atomic E-state index is 0.218. The first-order valence-electron chi connectivity index (χ1n) is 1.86. The van der Waals surface area contributed by atoms with Crippen LogP contribution in [0.1, 0.15) is 13.8 Å². The molecule has 0 atom stereocenters. The van der Waals surface area contributed by atoms with E-state index in [9.17, 15) is 0 Å². The lowest BCUT2D eigenvalue weighted by Crippen LogP contribution is -2.09. The largest absolute Gasteiger partial charge is 0.178 e. The monoisotopic (exact) mass is 168 g/mol. The molecule has 6 heavy (non-hydrogen) atoms. The van der Waals surface area contributed by atoms with Crippen LogP contribution in [0.2, 0.25) is 0 Å². The summed E-state index contributed by atoms with van der Waals surface area (Å²) in [5.41, 5.74) is 0. The van der Waals surface area contributed by atoms with Crippen LogP contribution in [0.25, 0.3) is 0 Å². The first-order chi connectivity index (χ1) is 2.56. The van der Waals surface area contributed by atoms with Gasteiger partial charge >= 0.3 is 0 Å². The Morgan fingerprint density at radius 2 is 1.83 bits per heavy atom. The molecule has 0 aromatic carbocycles. The fourth-order valence-electron chi connectivity index (χ4n) is 0. The van der Waals surface area contributed by atoms with Gasteiger partial charge in [-0.05, 0) is 13.8 Å². The average Bonchev–Trinajstić information content (AvgIpc) is 1.35. The zero-order valence-electron chi connectivity index (χ0n) is 4.03. The fraction of sp³-hybridized carbons (Fsp3) is 1.00. The predicted octanol–water partition coefficient (Wildman–Crippen LogP) is 2.09. The molecule has 2 heteroatoms. The van der Waals surface area contributed by atoms with Crippen molar-refractivity contribution in [1.29, 1.82) is 0 Å². The Bertz CT molecular complexity index is 37.3. The number of hydrogen-bond acceptors (Lipinski definition) is 1. The van der Waals surface area contributed by atoms with Crippen LogP contribution in [0, 0.1) is 0 Å². The van der Waals surface area contributed by atoms with Crippen molar-refractivity contribution >= 4 is 28.6 Å². The first kappa shape index (κ1) is 6.83. The van der Waals surface area contributed by atoms with Crippen molar-refractivity contribution in [1.82, 2.24) is 0 Å². The smallest absolute Gasteiger partial charge is 0.0289 e. The highest BCUT2D eigenvalue weighted by atomic mass is 79.9. The highest BCUT2D eigenvalue weighted by molar-refractivity contribution is 9.10. The van der Waals surface area contributed by atoms with Crippen molar-refractivity contribution in [3.8, 4) is 0 Å². The second-order valence-electron chi connectivity index (χ2n) is 1.88. The SMILES string of the molecule is CC(C)(Br)CS. The molecule has 0 bridgehead atoms. The summed E-state index contributed by atoms with van der Waals surface area (Å²) in [7, 11) is 0. The summed E-state index contributed by atoms with van der Waals surface area (Å²) >= 11 is 7.46. The molecule has 0 amide bonds. The maximum absolute atomic E-state index is 4.05. The Kier molecular flexibility index (Phi) is 2.53. The van der Waals surface area contributed by atoms with E-state index in [0.29, 0.717) is 0 Å². The second-order valence-corrected chi connectivity index (χ2v) is 4.34. The molecule has 0 fully saturated rings. The van der Waals surface area contributed by atoms with Gasteiger partial charge in [-0.1, -0.05) is 15.9 Å². The number of halogens is 1. The minimum Gasteiger partial charge on any atom is -0.178 e. The molecule has 0 aliphatic rings. The van der Waals surface area contributed by atoms with Gasteiger partial charge in [0.25, 0.3) is 0 Å². The lowest BCUT2D eigenvalue weighted by atomic mass is 10.3. The molecule has 0 aromatic rings. The topological polar surface area (TPSA) is 0 Å². The summed E-state index contributed by atoms with van der Waals surface area (Å²) in [6.07, 6.45) is 0. The Hall–Kier alpha value is 0.830. The van der Waals surface area contributed by atoms with Crippen LogP contribution in [0.5, 0.6) is 0 Å². The molecule has 0 radical (unpaired) electrons. The van der Waals surface area contributed by atoms with E-state index in [-0.39, 0.29) is 4.32 Å². The van der Waals surface area contributed by atoms with Crippen molar-refractivity contribution in [2.75, 3.05) is 5.75 Å². The van der Waals surface area contributed by atoms with E-state index in [0.717, 1.165) is 5.75 Å². The van der Waals surface area contributed by atoms with Gasteiger partial charge in [0.05, 0.1) is 0 Å². The van der Waals surface area contributed by atoms with Crippen LogP contribution in [0.15, 0.2) is 0 Å². The van der Waals surface area contributed by atoms with E-state index < -0.39 is 0 Å². The molecule has 0 nitrogen and oxygen atoms in total.